The van der Waals surface area contributed by atoms with Gasteiger partial charge in [-0.2, -0.15) is 0 Å². The van der Waals surface area contributed by atoms with E-state index >= 15 is 0 Å². The molecule has 2 aromatic heterocycles. The zero-order valence-corrected chi connectivity index (χ0v) is 13.8. The maximum atomic E-state index is 10.2. The van der Waals surface area contributed by atoms with Gasteiger partial charge in [0.25, 0.3) is 0 Å². The molecule has 21 heavy (non-hydrogen) atoms. The highest BCUT2D eigenvalue weighted by Gasteiger charge is 1.94. The monoisotopic (exact) mass is 352 g/mol. The quantitative estimate of drug-likeness (QED) is 0.793. The third-order valence-electron chi connectivity index (χ3n) is 2.63. The van der Waals surface area contributed by atoms with Crippen LogP contribution in [0.3, 0.4) is 0 Å². The van der Waals surface area contributed by atoms with Crippen molar-refractivity contribution in [2.24, 2.45) is 0 Å². The SMILES string of the molecule is CCCCCCOc1ccc(Br)cn1.O=c1cccc[nH]1. The maximum absolute atomic E-state index is 10.2. The van der Waals surface area contributed by atoms with Gasteiger partial charge in [-0.1, -0.05) is 32.3 Å². The Morgan fingerprint density at radius 2 is 2.05 bits per heavy atom. The van der Waals surface area contributed by atoms with Crippen LogP contribution in [0.15, 0.2) is 52.0 Å². The number of H-pyrrole nitrogens is 1. The number of ether oxygens (including phenoxy) is 1. The van der Waals surface area contributed by atoms with Crippen molar-refractivity contribution >= 4 is 15.9 Å². The van der Waals surface area contributed by atoms with Crippen LogP contribution in [-0.2, 0) is 0 Å². The van der Waals surface area contributed by atoms with Crippen molar-refractivity contribution in [1.29, 1.82) is 0 Å². The number of rotatable bonds is 6. The third kappa shape index (κ3) is 9.02. The van der Waals surface area contributed by atoms with E-state index in [1.807, 2.05) is 12.1 Å². The lowest BCUT2D eigenvalue weighted by Gasteiger charge is -2.04. The summed E-state index contributed by atoms with van der Waals surface area (Å²) in [5, 5.41) is 0. The molecular formula is C16H21BrN2O2. The van der Waals surface area contributed by atoms with E-state index in [0.29, 0.717) is 5.88 Å². The Bertz CT molecular complexity index is 523. The molecule has 0 unspecified atom stereocenters. The fraction of sp³-hybridized carbons (Fsp3) is 0.375. The first-order valence-electron chi connectivity index (χ1n) is 7.10. The summed E-state index contributed by atoms with van der Waals surface area (Å²) in [6, 6.07) is 8.75. The minimum Gasteiger partial charge on any atom is -0.478 e. The van der Waals surface area contributed by atoms with E-state index in [0.717, 1.165) is 17.5 Å². The molecule has 0 radical (unpaired) electrons. The van der Waals surface area contributed by atoms with Gasteiger partial charge in [0.05, 0.1) is 6.61 Å². The van der Waals surface area contributed by atoms with Gasteiger partial charge < -0.3 is 9.72 Å². The first-order valence-corrected chi connectivity index (χ1v) is 7.89. The molecule has 0 amide bonds. The van der Waals surface area contributed by atoms with Crippen molar-refractivity contribution in [3.05, 3.63) is 57.6 Å². The highest BCUT2D eigenvalue weighted by atomic mass is 79.9. The second-order valence-corrected chi connectivity index (χ2v) is 5.37. The largest absolute Gasteiger partial charge is 0.478 e. The topological polar surface area (TPSA) is 55.0 Å². The Morgan fingerprint density at radius 1 is 1.19 bits per heavy atom. The summed E-state index contributed by atoms with van der Waals surface area (Å²) in [7, 11) is 0. The molecule has 5 heteroatoms. The number of hydrogen-bond acceptors (Lipinski definition) is 3. The zero-order chi connectivity index (χ0) is 15.3. The van der Waals surface area contributed by atoms with E-state index in [1.54, 1.807) is 24.5 Å². The second-order valence-electron chi connectivity index (χ2n) is 4.45. The number of aromatic nitrogens is 2. The molecule has 0 aliphatic heterocycles. The van der Waals surface area contributed by atoms with Gasteiger partial charge in [-0.05, 0) is 34.5 Å². The lowest BCUT2D eigenvalue weighted by molar-refractivity contribution is 0.294. The van der Waals surface area contributed by atoms with Crippen molar-refractivity contribution < 1.29 is 4.74 Å². The lowest BCUT2D eigenvalue weighted by Crippen LogP contribution is -1.98. The Hall–Kier alpha value is -1.62. The van der Waals surface area contributed by atoms with Crippen LogP contribution in [0, 0.1) is 0 Å². The van der Waals surface area contributed by atoms with Crippen LogP contribution in [0.1, 0.15) is 32.6 Å². The summed E-state index contributed by atoms with van der Waals surface area (Å²) in [5.41, 5.74) is -0.0532. The number of aromatic amines is 1. The molecule has 0 aromatic carbocycles. The van der Waals surface area contributed by atoms with Gasteiger partial charge in [-0.25, -0.2) is 4.98 Å². The van der Waals surface area contributed by atoms with Crippen LogP contribution in [0.2, 0.25) is 0 Å². The fourth-order valence-electron chi connectivity index (χ4n) is 1.53. The van der Waals surface area contributed by atoms with Crippen LogP contribution in [0.4, 0.5) is 0 Å². The minimum atomic E-state index is -0.0532. The molecule has 0 atom stereocenters. The number of hydrogen-bond donors (Lipinski definition) is 1. The smallest absolute Gasteiger partial charge is 0.247 e. The molecular weight excluding hydrogens is 332 g/mol. The van der Waals surface area contributed by atoms with E-state index in [-0.39, 0.29) is 5.56 Å². The van der Waals surface area contributed by atoms with E-state index in [1.165, 1.54) is 25.3 Å². The summed E-state index contributed by atoms with van der Waals surface area (Å²) in [6.45, 7) is 2.98. The number of halogens is 1. The zero-order valence-electron chi connectivity index (χ0n) is 12.2. The lowest BCUT2D eigenvalue weighted by atomic mass is 10.2. The highest BCUT2D eigenvalue weighted by Crippen LogP contribution is 2.12. The summed E-state index contributed by atoms with van der Waals surface area (Å²) >= 11 is 3.33. The van der Waals surface area contributed by atoms with Crippen molar-refractivity contribution in [1.82, 2.24) is 9.97 Å². The molecule has 4 nitrogen and oxygen atoms in total. The molecule has 0 aliphatic carbocycles. The van der Waals surface area contributed by atoms with Crippen LogP contribution in [-0.4, -0.2) is 16.6 Å². The van der Waals surface area contributed by atoms with Gasteiger partial charge in [0.1, 0.15) is 0 Å². The van der Waals surface area contributed by atoms with Gasteiger partial charge in [0.15, 0.2) is 0 Å². The van der Waals surface area contributed by atoms with Crippen LogP contribution in [0.5, 0.6) is 5.88 Å². The molecule has 1 N–H and O–H groups in total. The Morgan fingerprint density at radius 3 is 2.57 bits per heavy atom. The van der Waals surface area contributed by atoms with Crippen molar-refractivity contribution in [3.8, 4) is 5.88 Å². The normalized spacial score (nSPS) is 9.62. The number of nitrogens with one attached hydrogen (secondary N) is 1. The van der Waals surface area contributed by atoms with Gasteiger partial charge in [-0.15, -0.1) is 0 Å². The second kappa shape index (κ2) is 11.1. The van der Waals surface area contributed by atoms with Gasteiger partial charge in [0, 0.05) is 29.0 Å². The van der Waals surface area contributed by atoms with E-state index in [2.05, 4.69) is 32.8 Å². The summed E-state index contributed by atoms with van der Waals surface area (Å²) in [5.74, 6) is 0.713. The number of unbranched alkanes of at least 4 members (excludes halogenated alkanes) is 3. The van der Waals surface area contributed by atoms with Crippen molar-refractivity contribution in [3.63, 3.8) is 0 Å². The first kappa shape index (κ1) is 17.4. The summed E-state index contributed by atoms with van der Waals surface area (Å²) in [4.78, 5) is 16.8. The Kier molecular flexibility index (Phi) is 9.20. The van der Waals surface area contributed by atoms with E-state index < -0.39 is 0 Å². The standard InChI is InChI=1S/C11H16BrNO.C5H5NO/c1-2-3-4-5-8-14-11-7-6-10(12)9-13-11;7-5-3-1-2-4-6-5/h6-7,9H,2-5,8H2,1H3;1-4H,(H,6,7). The molecule has 0 fully saturated rings. The highest BCUT2D eigenvalue weighted by molar-refractivity contribution is 9.10. The Labute approximate surface area is 133 Å². The summed E-state index contributed by atoms with van der Waals surface area (Å²) in [6.07, 6.45) is 8.26. The number of pyridine rings is 2. The van der Waals surface area contributed by atoms with Crippen LogP contribution in [0.25, 0.3) is 0 Å². The third-order valence-corrected chi connectivity index (χ3v) is 3.10. The molecule has 0 bridgehead atoms. The van der Waals surface area contributed by atoms with Crippen molar-refractivity contribution in [2.45, 2.75) is 32.6 Å². The van der Waals surface area contributed by atoms with E-state index in [4.69, 9.17) is 4.74 Å². The molecule has 114 valence electrons. The molecule has 2 heterocycles. The molecule has 0 saturated carbocycles. The summed E-state index contributed by atoms with van der Waals surface area (Å²) < 4.78 is 6.46. The maximum Gasteiger partial charge on any atom is 0.247 e. The number of nitrogens with zero attached hydrogens (tertiary/aromatic N) is 1. The van der Waals surface area contributed by atoms with E-state index in [9.17, 15) is 4.79 Å². The van der Waals surface area contributed by atoms with Crippen molar-refractivity contribution in [2.75, 3.05) is 6.61 Å². The van der Waals surface area contributed by atoms with Gasteiger partial charge in [-0.3, -0.25) is 4.79 Å². The average Bonchev–Trinajstić information content (AvgIpc) is 2.50. The Balaban J connectivity index is 0.000000262. The predicted molar refractivity (Wildman–Crippen MR) is 88.6 cm³/mol. The first-order chi connectivity index (χ1) is 10.2. The molecule has 2 aromatic rings. The molecule has 0 spiro atoms. The minimum absolute atomic E-state index is 0.0532. The van der Waals surface area contributed by atoms with Crippen LogP contribution < -0.4 is 10.3 Å². The molecule has 0 aliphatic rings. The predicted octanol–water partition coefficient (Wildman–Crippen LogP) is 4.18. The molecule has 2 rings (SSSR count). The average molecular weight is 353 g/mol. The fourth-order valence-corrected chi connectivity index (χ4v) is 1.76. The molecule has 0 saturated heterocycles. The van der Waals surface area contributed by atoms with Crippen LogP contribution >= 0.6 is 15.9 Å². The van der Waals surface area contributed by atoms with Gasteiger partial charge in [0.2, 0.25) is 11.4 Å². The van der Waals surface area contributed by atoms with Gasteiger partial charge >= 0.3 is 0 Å².